The number of aryl methyl sites for hydroxylation is 1. The van der Waals surface area contributed by atoms with Crippen LogP contribution >= 0.6 is 11.3 Å². The highest BCUT2D eigenvalue weighted by molar-refractivity contribution is 7.15. The second kappa shape index (κ2) is 5.97. The largest absolute Gasteiger partial charge is 0.512 e. The van der Waals surface area contributed by atoms with E-state index in [1.807, 2.05) is 32.8 Å². The summed E-state index contributed by atoms with van der Waals surface area (Å²) >= 11 is 1.56. The number of anilines is 1. The molecule has 0 amide bonds. The Morgan fingerprint density at radius 1 is 1.47 bits per heavy atom. The van der Waals surface area contributed by atoms with Gasteiger partial charge in [0.05, 0.1) is 11.5 Å². The molecule has 0 aliphatic rings. The third-order valence-electron chi connectivity index (χ3n) is 2.29. The fraction of sp³-hybridized carbons (Fsp3) is 0.636. The predicted molar refractivity (Wildman–Crippen MR) is 68.6 cm³/mol. The fourth-order valence-corrected chi connectivity index (χ4v) is 2.29. The number of hydrogen-bond acceptors (Lipinski definition) is 5. The lowest BCUT2D eigenvalue weighted by molar-refractivity contribution is -0.573. The first kappa shape index (κ1) is 13.9. The van der Waals surface area contributed by atoms with Gasteiger partial charge in [-0.2, -0.15) is 4.79 Å². The van der Waals surface area contributed by atoms with Crippen molar-refractivity contribution in [1.29, 1.82) is 0 Å². The third kappa shape index (κ3) is 3.41. The molecule has 1 aromatic heterocycles. The molecule has 6 heteroatoms. The lowest BCUT2D eigenvalue weighted by Gasteiger charge is -2.06. The second-order valence-corrected chi connectivity index (χ2v) is 5.20. The molecule has 0 aliphatic carbocycles. The van der Waals surface area contributed by atoms with E-state index in [1.54, 1.807) is 22.8 Å². The van der Waals surface area contributed by atoms with E-state index in [2.05, 4.69) is 5.32 Å². The van der Waals surface area contributed by atoms with E-state index in [0.29, 0.717) is 13.3 Å². The van der Waals surface area contributed by atoms with Crippen LogP contribution in [0.15, 0.2) is 0 Å². The van der Waals surface area contributed by atoms with E-state index in [-0.39, 0.29) is 6.09 Å². The zero-order valence-corrected chi connectivity index (χ0v) is 11.8. The minimum absolute atomic E-state index is 0.324. The van der Waals surface area contributed by atoms with E-state index < -0.39 is 0 Å². The van der Waals surface area contributed by atoms with Crippen molar-refractivity contribution in [2.45, 2.75) is 20.8 Å². The van der Waals surface area contributed by atoms with Gasteiger partial charge in [0.1, 0.15) is 12.4 Å². The van der Waals surface area contributed by atoms with Gasteiger partial charge in [0, 0.05) is 0 Å². The maximum Gasteiger partial charge on any atom is 0.512 e. The first-order valence-electron chi connectivity index (χ1n) is 5.55. The summed E-state index contributed by atoms with van der Waals surface area (Å²) < 4.78 is 6.64. The second-order valence-electron chi connectivity index (χ2n) is 4.00. The van der Waals surface area contributed by atoms with Crippen molar-refractivity contribution in [3.8, 4) is 0 Å². The van der Waals surface area contributed by atoms with Crippen molar-refractivity contribution in [2.24, 2.45) is 0 Å². The maximum atomic E-state index is 11.8. The summed E-state index contributed by atoms with van der Waals surface area (Å²) in [5.74, 6) is 0. The first-order chi connectivity index (χ1) is 7.97. The van der Waals surface area contributed by atoms with E-state index >= 15 is 0 Å². The van der Waals surface area contributed by atoms with E-state index in [4.69, 9.17) is 4.74 Å². The lowest BCUT2D eigenvalue weighted by Crippen LogP contribution is -2.47. The van der Waals surface area contributed by atoms with Crippen LogP contribution in [-0.4, -0.2) is 38.4 Å². The minimum Gasteiger partial charge on any atom is -0.431 e. The molecule has 0 fully saturated rings. The minimum atomic E-state index is -0.324. The molecule has 96 valence electrons. The molecule has 0 spiro atoms. The molecule has 1 rings (SSSR count). The molecule has 0 saturated heterocycles. The number of rotatable bonds is 4. The van der Waals surface area contributed by atoms with Gasteiger partial charge in [-0.1, -0.05) is 11.3 Å². The quantitative estimate of drug-likeness (QED) is 0.658. The number of nitrogens with one attached hydrogen (secondary N) is 1. The Morgan fingerprint density at radius 3 is 2.65 bits per heavy atom. The highest BCUT2D eigenvalue weighted by Crippen LogP contribution is 2.19. The molecule has 17 heavy (non-hydrogen) atoms. The van der Waals surface area contributed by atoms with Crippen LogP contribution in [0.4, 0.5) is 9.93 Å². The zero-order chi connectivity index (χ0) is 13.0. The molecule has 0 bridgehead atoms. The highest BCUT2D eigenvalue weighted by Gasteiger charge is 2.26. The highest BCUT2D eigenvalue weighted by atomic mass is 32.1. The SMILES string of the molecule is CCOC(=O)[n+]1c(NCN(C)C)sc(C)c1C. The van der Waals surface area contributed by atoms with Gasteiger partial charge in [-0.05, 0) is 34.9 Å². The number of aromatic nitrogens is 1. The topological polar surface area (TPSA) is 45.5 Å². The number of carbonyl (C=O) groups is 1. The summed E-state index contributed by atoms with van der Waals surface area (Å²) in [7, 11) is 3.93. The molecule has 1 N–H and O–H groups in total. The average molecular weight is 258 g/mol. The summed E-state index contributed by atoms with van der Waals surface area (Å²) in [4.78, 5) is 14.9. The van der Waals surface area contributed by atoms with Crippen LogP contribution in [0.1, 0.15) is 17.5 Å². The number of nitrogens with zero attached hydrogens (tertiary/aromatic N) is 2. The third-order valence-corrected chi connectivity index (χ3v) is 3.42. The van der Waals surface area contributed by atoms with Gasteiger partial charge in [0.25, 0.3) is 0 Å². The van der Waals surface area contributed by atoms with Gasteiger partial charge in [-0.15, -0.1) is 4.57 Å². The summed E-state index contributed by atoms with van der Waals surface area (Å²) in [5.41, 5.74) is 0.926. The molecule has 0 atom stereocenters. The van der Waals surface area contributed by atoms with Crippen molar-refractivity contribution in [2.75, 3.05) is 32.7 Å². The van der Waals surface area contributed by atoms with Crippen molar-refractivity contribution < 1.29 is 14.1 Å². The average Bonchev–Trinajstić information content (AvgIpc) is 2.52. The lowest BCUT2D eigenvalue weighted by atomic mass is 10.4. The van der Waals surface area contributed by atoms with Gasteiger partial charge in [-0.3, -0.25) is 10.2 Å². The van der Waals surface area contributed by atoms with Crippen LogP contribution in [0.2, 0.25) is 0 Å². The van der Waals surface area contributed by atoms with Crippen LogP contribution in [0, 0.1) is 13.8 Å². The summed E-state index contributed by atoms with van der Waals surface area (Å²) in [6.45, 7) is 6.78. The van der Waals surface area contributed by atoms with E-state index in [1.165, 1.54) is 0 Å². The van der Waals surface area contributed by atoms with Crippen molar-refractivity contribution in [3.05, 3.63) is 10.6 Å². The molecule has 1 heterocycles. The fourth-order valence-electron chi connectivity index (χ4n) is 1.32. The molecule has 1 aromatic rings. The molecular formula is C11H20N3O2S+. The molecule has 0 aromatic carbocycles. The van der Waals surface area contributed by atoms with Gasteiger partial charge in [0.2, 0.25) is 0 Å². The van der Waals surface area contributed by atoms with Crippen LogP contribution in [0.5, 0.6) is 0 Å². The molecule has 0 saturated carbocycles. The smallest absolute Gasteiger partial charge is 0.431 e. The molecular weight excluding hydrogens is 238 g/mol. The zero-order valence-electron chi connectivity index (χ0n) is 11.0. The Morgan fingerprint density at radius 2 is 2.12 bits per heavy atom. The van der Waals surface area contributed by atoms with Crippen LogP contribution in [-0.2, 0) is 4.74 Å². The van der Waals surface area contributed by atoms with Crippen molar-refractivity contribution in [3.63, 3.8) is 0 Å². The standard InChI is InChI=1S/C11H19N3O2S/c1-6-16-11(15)14-8(2)9(3)17-10(14)12-7-13(4)5/h6-7H2,1-5H3/p+1. The Bertz CT molecular complexity index is 402. The Labute approximate surface area is 106 Å². The molecule has 0 radical (unpaired) electrons. The number of carbonyl (C=O) groups excluding carboxylic acids is 1. The molecule has 0 unspecified atom stereocenters. The summed E-state index contributed by atoms with van der Waals surface area (Å²) in [6, 6.07) is 0. The number of hydrogen-bond donors (Lipinski definition) is 1. The molecule has 0 aliphatic heterocycles. The maximum absolute atomic E-state index is 11.8. The van der Waals surface area contributed by atoms with Gasteiger partial charge < -0.3 is 4.74 Å². The first-order valence-corrected chi connectivity index (χ1v) is 6.36. The number of ether oxygens (including phenoxy) is 1. The van der Waals surface area contributed by atoms with Gasteiger partial charge in [-0.25, -0.2) is 0 Å². The summed E-state index contributed by atoms with van der Waals surface area (Å²) in [5, 5.41) is 4.03. The Hall–Kier alpha value is -1.14. The Balaban J connectivity index is 2.96. The van der Waals surface area contributed by atoms with Crippen LogP contribution in [0.3, 0.4) is 0 Å². The van der Waals surface area contributed by atoms with E-state index in [0.717, 1.165) is 15.7 Å². The van der Waals surface area contributed by atoms with Crippen molar-refractivity contribution in [1.82, 2.24) is 4.90 Å². The Kier molecular flexibility index (Phi) is 4.89. The van der Waals surface area contributed by atoms with Crippen molar-refractivity contribution >= 4 is 22.6 Å². The van der Waals surface area contributed by atoms with Crippen LogP contribution < -0.4 is 9.88 Å². The van der Waals surface area contributed by atoms with Gasteiger partial charge >= 0.3 is 11.2 Å². The summed E-state index contributed by atoms with van der Waals surface area (Å²) in [6.07, 6.45) is -0.324. The number of thiazole rings is 1. The predicted octanol–water partition coefficient (Wildman–Crippen LogP) is 1.59. The van der Waals surface area contributed by atoms with E-state index in [9.17, 15) is 4.79 Å². The van der Waals surface area contributed by atoms with Gasteiger partial charge in [0.15, 0.2) is 0 Å². The molecule has 5 nitrogen and oxygen atoms in total. The normalized spacial score (nSPS) is 10.7. The van der Waals surface area contributed by atoms with Crippen LogP contribution in [0.25, 0.3) is 0 Å². The monoisotopic (exact) mass is 258 g/mol.